The van der Waals surface area contributed by atoms with Crippen molar-refractivity contribution in [1.82, 2.24) is 4.31 Å². The standard InChI is InChI=1S/C20H21ClN2O6S/c1-28-18-9-4-14(21)12-17(18)20(25)29-13-19(24)22-15-5-7-16(8-6-15)30(26,27)23-10-2-3-11-23/h4-9,12H,2-3,10-11,13H2,1H3,(H,22,24). The van der Waals surface area contributed by atoms with E-state index in [1.54, 1.807) is 6.07 Å². The lowest BCUT2D eigenvalue weighted by Gasteiger charge is -2.15. The molecule has 1 aliphatic heterocycles. The average Bonchev–Trinajstić information content (AvgIpc) is 3.28. The smallest absolute Gasteiger partial charge is 0.342 e. The van der Waals surface area contributed by atoms with Crippen molar-refractivity contribution < 1.29 is 27.5 Å². The van der Waals surface area contributed by atoms with Crippen LogP contribution in [0.2, 0.25) is 5.02 Å². The van der Waals surface area contributed by atoms with Gasteiger partial charge in [-0.05, 0) is 55.3 Å². The van der Waals surface area contributed by atoms with Crippen LogP contribution in [0.25, 0.3) is 0 Å². The van der Waals surface area contributed by atoms with Gasteiger partial charge in [-0.3, -0.25) is 4.79 Å². The quantitative estimate of drug-likeness (QED) is 0.648. The third-order valence-corrected chi connectivity index (χ3v) is 6.70. The van der Waals surface area contributed by atoms with Gasteiger partial charge in [-0.1, -0.05) is 11.6 Å². The largest absolute Gasteiger partial charge is 0.496 e. The molecule has 0 radical (unpaired) electrons. The number of ether oxygens (including phenoxy) is 2. The van der Waals surface area contributed by atoms with Gasteiger partial charge >= 0.3 is 5.97 Å². The number of hydrogen-bond donors (Lipinski definition) is 1. The van der Waals surface area contributed by atoms with Gasteiger partial charge in [-0.25, -0.2) is 13.2 Å². The molecule has 0 saturated carbocycles. The van der Waals surface area contributed by atoms with Crippen LogP contribution < -0.4 is 10.1 Å². The summed E-state index contributed by atoms with van der Waals surface area (Å²) >= 11 is 5.89. The van der Waals surface area contributed by atoms with Crippen molar-refractivity contribution in [2.75, 3.05) is 32.1 Å². The zero-order valence-electron chi connectivity index (χ0n) is 16.3. The van der Waals surface area contributed by atoms with Crippen LogP contribution in [0.15, 0.2) is 47.4 Å². The Balaban J connectivity index is 1.57. The number of anilines is 1. The maximum Gasteiger partial charge on any atom is 0.342 e. The second kappa shape index (κ2) is 9.46. The SMILES string of the molecule is COc1ccc(Cl)cc1C(=O)OCC(=O)Nc1ccc(S(=O)(=O)N2CCCC2)cc1. The minimum atomic E-state index is -3.52. The Kier molecular flexibility index (Phi) is 6.96. The summed E-state index contributed by atoms with van der Waals surface area (Å²) < 4.78 is 36.6. The van der Waals surface area contributed by atoms with E-state index >= 15 is 0 Å². The Labute approximate surface area is 179 Å². The highest BCUT2D eigenvalue weighted by molar-refractivity contribution is 7.89. The molecular weight excluding hydrogens is 432 g/mol. The van der Waals surface area contributed by atoms with Crippen molar-refractivity contribution in [2.24, 2.45) is 0 Å². The lowest BCUT2D eigenvalue weighted by Crippen LogP contribution is -2.27. The Morgan fingerprint density at radius 1 is 1.10 bits per heavy atom. The van der Waals surface area contributed by atoms with E-state index in [0.717, 1.165) is 12.8 Å². The lowest BCUT2D eigenvalue weighted by atomic mass is 10.2. The van der Waals surface area contributed by atoms with Gasteiger partial charge < -0.3 is 14.8 Å². The van der Waals surface area contributed by atoms with Gasteiger partial charge in [0.05, 0.1) is 12.0 Å². The molecule has 1 N–H and O–H groups in total. The summed E-state index contributed by atoms with van der Waals surface area (Å²) in [7, 11) is -2.11. The highest BCUT2D eigenvalue weighted by Gasteiger charge is 2.27. The van der Waals surface area contributed by atoms with Gasteiger partial charge in [0.1, 0.15) is 11.3 Å². The molecule has 3 rings (SSSR count). The van der Waals surface area contributed by atoms with Crippen LogP contribution in [0, 0.1) is 0 Å². The first-order chi connectivity index (χ1) is 14.3. The fraction of sp³-hybridized carbons (Fsp3) is 0.300. The Morgan fingerprint density at radius 2 is 1.77 bits per heavy atom. The summed E-state index contributed by atoms with van der Waals surface area (Å²) in [5, 5.41) is 2.88. The molecule has 2 aromatic carbocycles. The van der Waals surface area contributed by atoms with E-state index in [2.05, 4.69) is 5.32 Å². The van der Waals surface area contributed by atoms with Crippen LogP contribution >= 0.6 is 11.6 Å². The van der Waals surface area contributed by atoms with Crippen molar-refractivity contribution in [3.63, 3.8) is 0 Å². The number of amides is 1. The van der Waals surface area contributed by atoms with Crippen molar-refractivity contribution in [1.29, 1.82) is 0 Å². The van der Waals surface area contributed by atoms with E-state index < -0.39 is 28.5 Å². The first-order valence-electron chi connectivity index (χ1n) is 9.22. The van der Waals surface area contributed by atoms with E-state index in [1.165, 1.54) is 47.8 Å². The predicted octanol–water partition coefficient (Wildman–Crippen LogP) is 2.93. The van der Waals surface area contributed by atoms with Crippen LogP contribution in [-0.2, 0) is 19.6 Å². The normalized spacial score (nSPS) is 14.3. The highest BCUT2D eigenvalue weighted by atomic mass is 35.5. The molecule has 0 atom stereocenters. The van der Waals surface area contributed by atoms with Crippen molar-refractivity contribution in [2.45, 2.75) is 17.7 Å². The molecule has 0 aliphatic carbocycles. The average molecular weight is 453 g/mol. The summed E-state index contributed by atoms with van der Waals surface area (Å²) in [5.74, 6) is -1.05. The predicted molar refractivity (Wildman–Crippen MR) is 111 cm³/mol. The molecule has 30 heavy (non-hydrogen) atoms. The number of nitrogens with one attached hydrogen (secondary N) is 1. The molecule has 2 aromatic rings. The molecule has 1 amide bonds. The Bertz CT molecular complexity index is 1030. The Hall–Kier alpha value is -2.62. The summed E-state index contributed by atoms with van der Waals surface area (Å²) in [5.41, 5.74) is 0.492. The first-order valence-corrected chi connectivity index (χ1v) is 11.0. The fourth-order valence-corrected chi connectivity index (χ4v) is 4.72. The molecule has 8 nitrogen and oxygen atoms in total. The van der Waals surface area contributed by atoms with Crippen LogP contribution in [-0.4, -0.2) is 51.4 Å². The number of halogens is 1. The van der Waals surface area contributed by atoms with Gasteiger partial charge in [0, 0.05) is 23.8 Å². The Morgan fingerprint density at radius 3 is 2.40 bits per heavy atom. The number of sulfonamides is 1. The second-order valence-corrected chi connectivity index (χ2v) is 8.98. The number of esters is 1. The van der Waals surface area contributed by atoms with Crippen LogP contribution in [0.3, 0.4) is 0 Å². The van der Waals surface area contributed by atoms with Crippen LogP contribution in [0.4, 0.5) is 5.69 Å². The third kappa shape index (κ3) is 5.10. The van der Waals surface area contributed by atoms with E-state index in [4.69, 9.17) is 21.1 Å². The molecule has 0 unspecified atom stereocenters. The van der Waals surface area contributed by atoms with Crippen molar-refractivity contribution in [3.05, 3.63) is 53.1 Å². The van der Waals surface area contributed by atoms with Gasteiger partial charge in [0.2, 0.25) is 10.0 Å². The highest BCUT2D eigenvalue weighted by Crippen LogP contribution is 2.24. The number of rotatable bonds is 7. The van der Waals surface area contributed by atoms with Gasteiger partial charge in [-0.2, -0.15) is 4.31 Å². The van der Waals surface area contributed by atoms with Crippen LogP contribution in [0.1, 0.15) is 23.2 Å². The zero-order chi connectivity index (χ0) is 21.7. The molecule has 0 aromatic heterocycles. The maximum absolute atomic E-state index is 12.5. The summed E-state index contributed by atoms with van der Waals surface area (Å²) in [6, 6.07) is 10.3. The minimum Gasteiger partial charge on any atom is -0.496 e. The molecule has 1 fully saturated rings. The number of nitrogens with zero attached hydrogens (tertiary/aromatic N) is 1. The molecule has 160 valence electrons. The van der Waals surface area contributed by atoms with E-state index in [9.17, 15) is 18.0 Å². The lowest BCUT2D eigenvalue weighted by molar-refractivity contribution is -0.119. The zero-order valence-corrected chi connectivity index (χ0v) is 17.8. The van der Waals surface area contributed by atoms with Gasteiger partial charge in [-0.15, -0.1) is 0 Å². The number of hydrogen-bond acceptors (Lipinski definition) is 6. The summed E-state index contributed by atoms with van der Waals surface area (Å²) in [6.07, 6.45) is 1.71. The minimum absolute atomic E-state index is 0.106. The molecule has 0 spiro atoms. The van der Waals surface area contributed by atoms with E-state index in [-0.39, 0.29) is 16.2 Å². The molecule has 1 heterocycles. The third-order valence-electron chi connectivity index (χ3n) is 4.56. The maximum atomic E-state index is 12.5. The molecule has 1 saturated heterocycles. The number of carbonyl (C=O) groups is 2. The second-order valence-electron chi connectivity index (χ2n) is 6.60. The molecule has 0 bridgehead atoms. The van der Waals surface area contributed by atoms with Crippen molar-refractivity contribution in [3.8, 4) is 5.75 Å². The molecular formula is C20H21ClN2O6S. The first kappa shape index (κ1) is 22.1. The monoisotopic (exact) mass is 452 g/mol. The molecule has 10 heteroatoms. The van der Waals surface area contributed by atoms with E-state index in [0.29, 0.717) is 23.8 Å². The number of benzene rings is 2. The summed E-state index contributed by atoms with van der Waals surface area (Å²) in [4.78, 5) is 24.5. The summed E-state index contributed by atoms with van der Waals surface area (Å²) in [6.45, 7) is 0.509. The van der Waals surface area contributed by atoms with Crippen molar-refractivity contribution >= 4 is 39.2 Å². The van der Waals surface area contributed by atoms with Crippen LogP contribution in [0.5, 0.6) is 5.75 Å². The van der Waals surface area contributed by atoms with Gasteiger partial charge in [0.15, 0.2) is 6.61 Å². The molecule has 1 aliphatic rings. The fourth-order valence-electron chi connectivity index (χ4n) is 3.03. The topological polar surface area (TPSA) is 102 Å². The number of methoxy groups -OCH3 is 1. The van der Waals surface area contributed by atoms with Gasteiger partial charge in [0.25, 0.3) is 5.91 Å². The van der Waals surface area contributed by atoms with E-state index in [1.807, 2.05) is 0 Å². The number of carbonyl (C=O) groups excluding carboxylic acids is 2.